The number of halogens is 1. The first-order valence-electron chi connectivity index (χ1n) is 5.51. The third kappa shape index (κ3) is 2.68. The van der Waals surface area contributed by atoms with Crippen LogP contribution in [0.25, 0.3) is 10.7 Å². The first-order chi connectivity index (χ1) is 7.93. The van der Waals surface area contributed by atoms with Crippen LogP contribution in [0.2, 0.25) is 0 Å². The summed E-state index contributed by atoms with van der Waals surface area (Å²) in [7, 11) is 0. The molecule has 0 bridgehead atoms. The number of aromatic nitrogens is 2. The lowest BCUT2D eigenvalue weighted by molar-refractivity contribution is 0.322. The van der Waals surface area contributed by atoms with E-state index in [1.54, 1.807) is 11.3 Å². The van der Waals surface area contributed by atoms with Gasteiger partial charge in [0.1, 0.15) is 0 Å². The van der Waals surface area contributed by atoms with E-state index in [0.29, 0.717) is 5.92 Å². The van der Waals surface area contributed by atoms with Gasteiger partial charge in [-0.25, -0.2) is 0 Å². The lowest BCUT2D eigenvalue weighted by Gasteiger charge is -2.18. The molecule has 3 rings (SSSR count). The van der Waals surface area contributed by atoms with Crippen LogP contribution in [-0.2, 0) is 0 Å². The van der Waals surface area contributed by atoms with Gasteiger partial charge in [-0.2, -0.15) is 4.98 Å². The van der Waals surface area contributed by atoms with Crippen molar-refractivity contribution in [3.63, 3.8) is 0 Å². The van der Waals surface area contributed by atoms with Crippen LogP contribution in [0.15, 0.2) is 22.0 Å². The molecule has 0 saturated carbocycles. The molecule has 1 N–H and O–H groups in total. The Hall–Kier alpha value is -0.910. The highest BCUT2D eigenvalue weighted by Crippen LogP contribution is 2.26. The largest absolute Gasteiger partial charge is 0.339 e. The maximum absolute atomic E-state index is 5.33. The molecule has 0 aromatic carbocycles. The van der Waals surface area contributed by atoms with Crippen molar-refractivity contribution in [1.82, 2.24) is 15.5 Å². The molecule has 0 radical (unpaired) electrons. The summed E-state index contributed by atoms with van der Waals surface area (Å²) in [4.78, 5) is 5.54. The number of nitrogens with zero attached hydrogens (tertiary/aromatic N) is 2. The first-order valence-corrected chi connectivity index (χ1v) is 6.39. The highest BCUT2D eigenvalue weighted by molar-refractivity contribution is 7.13. The fourth-order valence-corrected chi connectivity index (χ4v) is 2.62. The van der Waals surface area contributed by atoms with E-state index in [9.17, 15) is 0 Å². The molecule has 0 unspecified atom stereocenters. The molecule has 3 heterocycles. The summed E-state index contributed by atoms with van der Waals surface area (Å²) in [5.74, 6) is 1.88. The molecule has 1 aliphatic heterocycles. The predicted molar refractivity (Wildman–Crippen MR) is 69.7 cm³/mol. The van der Waals surface area contributed by atoms with E-state index in [-0.39, 0.29) is 12.4 Å². The molecule has 0 amide bonds. The monoisotopic (exact) mass is 271 g/mol. The maximum atomic E-state index is 5.33. The minimum atomic E-state index is 0. The maximum Gasteiger partial charge on any atom is 0.231 e. The number of nitrogens with one attached hydrogen (secondary N) is 1. The van der Waals surface area contributed by atoms with Crippen LogP contribution in [0.1, 0.15) is 24.7 Å². The highest BCUT2D eigenvalue weighted by Gasteiger charge is 2.21. The van der Waals surface area contributed by atoms with Crippen molar-refractivity contribution in [2.45, 2.75) is 18.8 Å². The topological polar surface area (TPSA) is 51.0 Å². The van der Waals surface area contributed by atoms with Crippen molar-refractivity contribution in [2.24, 2.45) is 0 Å². The Kier molecular flexibility index (Phi) is 4.15. The zero-order valence-electron chi connectivity index (χ0n) is 9.26. The summed E-state index contributed by atoms with van der Waals surface area (Å²) >= 11 is 1.64. The zero-order chi connectivity index (χ0) is 10.8. The summed E-state index contributed by atoms with van der Waals surface area (Å²) in [6, 6.07) is 4.01. The van der Waals surface area contributed by atoms with E-state index >= 15 is 0 Å². The first kappa shape index (κ1) is 12.5. The summed E-state index contributed by atoms with van der Waals surface area (Å²) in [6.07, 6.45) is 2.32. The number of piperidine rings is 1. The Morgan fingerprint density at radius 3 is 3.12 bits per heavy atom. The van der Waals surface area contributed by atoms with Gasteiger partial charge >= 0.3 is 0 Å². The Morgan fingerprint density at radius 1 is 1.47 bits per heavy atom. The Bertz CT molecular complexity index is 451. The van der Waals surface area contributed by atoms with Crippen LogP contribution in [0.3, 0.4) is 0 Å². The van der Waals surface area contributed by atoms with Crippen LogP contribution in [-0.4, -0.2) is 23.2 Å². The van der Waals surface area contributed by atoms with Gasteiger partial charge in [0.25, 0.3) is 0 Å². The zero-order valence-corrected chi connectivity index (χ0v) is 10.9. The van der Waals surface area contributed by atoms with Gasteiger partial charge in [0, 0.05) is 6.54 Å². The fraction of sp³-hybridized carbons (Fsp3) is 0.455. The van der Waals surface area contributed by atoms with Gasteiger partial charge in [-0.15, -0.1) is 23.7 Å². The average Bonchev–Trinajstić information content (AvgIpc) is 3.01. The van der Waals surface area contributed by atoms with Gasteiger partial charge in [-0.05, 0) is 30.8 Å². The fourth-order valence-electron chi connectivity index (χ4n) is 1.97. The van der Waals surface area contributed by atoms with Crippen LogP contribution >= 0.6 is 23.7 Å². The minimum absolute atomic E-state index is 0. The SMILES string of the molecule is Cl.c1csc(-c2noc([C@H]3CCCNC3)n2)c1. The van der Waals surface area contributed by atoms with Crippen LogP contribution in [0.5, 0.6) is 0 Å². The second-order valence-electron chi connectivity index (χ2n) is 3.98. The lowest BCUT2D eigenvalue weighted by atomic mass is 10.00. The quantitative estimate of drug-likeness (QED) is 0.912. The second-order valence-corrected chi connectivity index (χ2v) is 4.92. The summed E-state index contributed by atoms with van der Waals surface area (Å²) in [6.45, 7) is 2.05. The van der Waals surface area contributed by atoms with Gasteiger partial charge in [-0.1, -0.05) is 11.2 Å². The molecule has 2 aromatic rings. The standard InChI is InChI=1S/C11H13N3OS.ClH/c1-3-8(7-12-5-1)11-13-10(14-15-11)9-4-2-6-16-9;/h2,4,6,8,12H,1,3,5,7H2;1H/t8-;/m0./s1. The summed E-state index contributed by atoms with van der Waals surface area (Å²) in [5, 5.41) is 9.40. The van der Waals surface area contributed by atoms with Crippen molar-refractivity contribution in [1.29, 1.82) is 0 Å². The van der Waals surface area contributed by atoms with Crippen molar-refractivity contribution >= 4 is 23.7 Å². The molecular weight excluding hydrogens is 258 g/mol. The molecule has 4 nitrogen and oxygen atoms in total. The molecule has 1 atom stereocenters. The third-order valence-electron chi connectivity index (χ3n) is 2.83. The summed E-state index contributed by atoms with van der Waals surface area (Å²) < 4.78 is 5.33. The second kappa shape index (κ2) is 5.62. The van der Waals surface area contributed by atoms with E-state index in [0.717, 1.165) is 36.1 Å². The van der Waals surface area contributed by atoms with Gasteiger partial charge < -0.3 is 9.84 Å². The number of rotatable bonds is 2. The molecule has 6 heteroatoms. The summed E-state index contributed by atoms with van der Waals surface area (Å²) in [5.41, 5.74) is 0. The van der Waals surface area contributed by atoms with Gasteiger partial charge in [0.2, 0.25) is 11.7 Å². The number of hydrogen-bond donors (Lipinski definition) is 1. The van der Waals surface area contributed by atoms with Crippen LogP contribution in [0.4, 0.5) is 0 Å². The normalized spacial score (nSPS) is 19.9. The third-order valence-corrected chi connectivity index (χ3v) is 3.70. The van der Waals surface area contributed by atoms with E-state index in [2.05, 4.69) is 15.5 Å². The molecule has 1 aliphatic rings. The van der Waals surface area contributed by atoms with Crippen molar-refractivity contribution in [3.05, 3.63) is 23.4 Å². The Labute approximate surface area is 110 Å². The van der Waals surface area contributed by atoms with Crippen molar-refractivity contribution in [2.75, 3.05) is 13.1 Å². The lowest BCUT2D eigenvalue weighted by Crippen LogP contribution is -2.28. The van der Waals surface area contributed by atoms with Gasteiger partial charge in [0.05, 0.1) is 10.8 Å². The van der Waals surface area contributed by atoms with Crippen LogP contribution in [0, 0.1) is 0 Å². The van der Waals surface area contributed by atoms with Gasteiger partial charge in [-0.3, -0.25) is 0 Å². The van der Waals surface area contributed by atoms with E-state index < -0.39 is 0 Å². The highest BCUT2D eigenvalue weighted by atomic mass is 35.5. The van der Waals surface area contributed by atoms with E-state index in [1.807, 2.05) is 17.5 Å². The molecule has 0 spiro atoms. The number of hydrogen-bond acceptors (Lipinski definition) is 5. The van der Waals surface area contributed by atoms with Gasteiger partial charge in [0.15, 0.2) is 0 Å². The predicted octanol–water partition coefficient (Wildman–Crippen LogP) is 2.69. The van der Waals surface area contributed by atoms with E-state index in [4.69, 9.17) is 4.52 Å². The smallest absolute Gasteiger partial charge is 0.231 e. The minimum Gasteiger partial charge on any atom is -0.339 e. The molecule has 1 fully saturated rings. The molecule has 1 saturated heterocycles. The Balaban J connectivity index is 0.00000108. The molecule has 2 aromatic heterocycles. The molecular formula is C11H14ClN3OS. The van der Waals surface area contributed by atoms with E-state index in [1.165, 1.54) is 6.42 Å². The average molecular weight is 272 g/mol. The molecule has 17 heavy (non-hydrogen) atoms. The molecule has 92 valence electrons. The Morgan fingerprint density at radius 2 is 2.41 bits per heavy atom. The van der Waals surface area contributed by atoms with Crippen LogP contribution < -0.4 is 5.32 Å². The number of thiophene rings is 1. The molecule has 0 aliphatic carbocycles. The van der Waals surface area contributed by atoms with Crippen molar-refractivity contribution in [3.8, 4) is 10.7 Å². The van der Waals surface area contributed by atoms with Crippen molar-refractivity contribution < 1.29 is 4.52 Å².